The van der Waals surface area contributed by atoms with Crippen LogP contribution in [0.4, 0.5) is 0 Å². The van der Waals surface area contributed by atoms with Crippen molar-refractivity contribution < 1.29 is 4.74 Å². The third kappa shape index (κ3) is 4.83. The molecular weight excluding hydrogens is 479 g/mol. The number of fused-ring (bicyclic) bond motifs is 3. The minimum atomic E-state index is -0.134. The van der Waals surface area contributed by atoms with Crippen molar-refractivity contribution in [3.8, 4) is 10.6 Å². The number of nitrogens with one attached hydrogen (secondary N) is 1. The molecule has 3 aliphatic rings. The predicted molar refractivity (Wildman–Crippen MR) is 134 cm³/mol. The lowest BCUT2D eigenvalue weighted by molar-refractivity contribution is -0.0962. The molecular formula is C23H30Cl2N6OS. The Morgan fingerprint density at radius 2 is 2.00 bits per heavy atom. The van der Waals surface area contributed by atoms with Gasteiger partial charge in [-0.05, 0) is 49.9 Å². The molecule has 1 fully saturated rings. The number of hydrogen-bond donors (Lipinski definition) is 1. The number of halogens is 2. The maximum Gasteiger partial charge on any atom is 0.105 e. The van der Waals surface area contributed by atoms with Crippen LogP contribution >= 0.6 is 36.2 Å². The molecule has 3 aliphatic heterocycles. The van der Waals surface area contributed by atoms with Crippen molar-refractivity contribution in [2.75, 3.05) is 26.2 Å². The molecule has 10 heteroatoms. The van der Waals surface area contributed by atoms with Gasteiger partial charge in [0.15, 0.2) is 0 Å². The lowest BCUT2D eigenvalue weighted by atomic mass is 9.85. The number of thiophene rings is 1. The summed E-state index contributed by atoms with van der Waals surface area (Å²) in [5.41, 5.74) is 4.78. The van der Waals surface area contributed by atoms with Crippen molar-refractivity contribution in [3.05, 3.63) is 52.6 Å². The highest BCUT2D eigenvalue weighted by Gasteiger charge is 2.42. The zero-order valence-corrected chi connectivity index (χ0v) is 21.0. The van der Waals surface area contributed by atoms with Crippen molar-refractivity contribution in [3.63, 3.8) is 0 Å². The topological polar surface area (TPSA) is 68.1 Å². The van der Waals surface area contributed by atoms with Crippen molar-refractivity contribution in [2.24, 2.45) is 0 Å². The Hall–Kier alpha value is -1.55. The highest BCUT2D eigenvalue weighted by atomic mass is 35.5. The Morgan fingerprint density at radius 1 is 1.12 bits per heavy atom. The highest BCUT2D eigenvalue weighted by molar-refractivity contribution is 7.15. The van der Waals surface area contributed by atoms with Crippen LogP contribution in [0.5, 0.6) is 0 Å². The van der Waals surface area contributed by atoms with E-state index < -0.39 is 0 Å². The van der Waals surface area contributed by atoms with E-state index in [4.69, 9.17) is 9.84 Å². The molecule has 3 aromatic rings. The quantitative estimate of drug-likeness (QED) is 0.580. The Balaban J connectivity index is 0.00000130. The number of ether oxygens (including phenoxy) is 1. The molecule has 0 aromatic carbocycles. The van der Waals surface area contributed by atoms with Gasteiger partial charge in [0.05, 0.1) is 34.8 Å². The molecule has 6 heterocycles. The van der Waals surface area contributed by atoms with Crippen molar-refractivity contribution in [2.45, 2.75) is 50.9 Å². The third-order valence-electron chi connectivity index (χ3n) is 6.78. The van der Waals surface area contributed by atoms with E-state index in [2.05, 4.69) is 37.0 Å². The number of piperidine rings is 1. The largest absolute Gasteiger partial charge is 0.369 e. The van der Waals surface area contributed by atoms with Gasteiger partial charge < -0.3 is 10.1 Å². The first kappa shape index (κ1) is 24.6. The van der Waals surface area contributed by atoms with E-state index >= 15 is 0 Å². The summed E-state index contributed by atoms with van der Waals surface area (Å²) in [7, 11) is 0. The van der Waals surface area contributed by atoms with E-state index in [1.54, 1.807) is 12.4 Å². The first-order valence-electron chi connectivity index (χ1n) is 11.3. The fraction of sp³-hybridized carbons (Fsp3) is 0.522. The van der Waals surface area contributed by atoms with E-state index in [0.29, 0.717) is 0 Å². The number of hydrogen-bond acceptors (Lipinski definition) is 7. The molecule has 0 bridgehead atoms. The van der Waals surface area contributed by atoms with Crippen LogP contribution < -0.4 is 5.32 Å². The summed E-state index contributed by atoms with van der Waals surface area (Å²) in [5, 5.41) is 8.36. The second-order valence-electron chi connectivity index (χ2n) is 8.81. The SMILES string of the molecule is Cl.Cl.c1cnc(-c2cc3c(s2)C2(CCN(Cc4cc5n(n4)CCCNC5)CC2)OCC3)cn1. The standard InChI is InChI=1S/C23H28N6OS.2ClH/c1-5-24-14-19-13-18(27-29(19)8-1)16-28-9-3-23(4-10-28)22-17(2-11-30-23)12-21(31-22)20-15-25-6-7-26-20;;/h6-7,12-13,15,24H,1-5,8-11,14,16H2;2*1H. The van der Waals surface area contributed by atoms with Crippen LogP contribution in [-0.2, 0) is 36.4 Å². The van der Waals surface area contributed by atoms with E-state index in [0.717, 1.165) is 77.3 Å². The fourth-order valence-corrected chi connectivity index (χ4v) is 6.52. The molecule has 6 rings (SSSR count). The summed E-state index contributed by atoms with van der Waals surface area (Å²) in [5.74, 6) is 0. The Labute approximate surface area is 210 Å². The molecule has 1 N–H and O–H groups in total. The van der Waals surface area contributed by atoms with Gasteiger partial charge >= 0.3 is 0 Å². The monoisotopic (exact) mass is 508 g/mol. The minimum absolute atomic E-state index is 0. The van der Waals surface area contributed by atoms with Gasteiger partial charge in [0, 0.05) is 50.0 Å². The average Bonchev–Trinajstić information content (AvgIpc) is 3.35. The maximum atomic E-state index is 6.48. The summed E-state index contributed by atoms with van der Waals surface area (Å²) < 4.78 is 8.67. The predicted octanol–water partition coefficient (Wildman–Crippen LogP) is 3.80. The first-order valence-corrected chi connectivity index (χ1v) is 12.1. The van der Waals surface area contributed by atoms with E-state index in [1.807, 2.05) is 17.5 Å². The van der Waals surface area contributed by atoms with Crippen LogP contribution in [0.25, 0.3) is 10.6 Å². The Bertz CT molecular complexity index is 1040. The van der Waals surface area contributed by atoms with Gasteiger partial charge in [-0.3, -0.25) is 19.5 Å². The molecule has 0 unspecified atom stereocenters. The summed E-state index contributed by atoms with van der Waals surface area (Å²) >= 11 is 1.85. The number of nitrogens with zero attached hydrogens (tertiary/aromatic N) is 5. The molecule has 0 amide bonds. The van der Waals surface area contributed by atoms with Gasteiger partial charge in [-0.1, -0.05) is 0 Å². The second-order valence-corrected chi connectivity index (χ2v) is 9.86. The average molecular weight is 510 g/mol. The zero-order chi connectivity index (χ0) is 20.7. The molecule has 7 nitrogen and oxygen atoms in total. The van der Waals surface area contributed by atoms with E-state index in [-0.39, 0.29) is 30.4 Å². The van der Waals surface area contributed by atoms with Crippen molar-refractivity contribution in [1.82, 2.24) is 30.0 Å². The van der Waals surface area contributed by atoms with Crippen LogP contribution in [0.3, 0.4) is 0 Å². The summed E-state index contributed by atoms with van der Waals surface area (Å²) in [4.78, 5) is 13.9. The number of likely N-dealkylation sites (tertiary alicyclic amines) is 1. The number of aryl methyl sites for hydroxylation is 1. The Morgan fingerprint density at radius 3 is 2.82 bits per heavy atom. The zero-order valence-electron chi connectivity index (χ0n) is 18.5. The smallest absolute Gasteiger partial charge is 0.105 e. The molecule has 178 valence electrons. The fourth-order valence-electron chi connectivity index (χ4n) is 5.15. The van der Waals surface area contributed by atoms with Gasteiger partial charge in [-0.25, -0.2) is 0 Å². The van der Waals surface area contributed by atoms with E-state index in [9.17, 15) is 0 Å². The lowest BCUT2D eigenvalue weighted by Gasteiger charge is -2.43. The third-order valence-corrected chi connectivity index (χ3v) is 8.17. The van der Waals surface area contributed by atoms with Crippen LogP contribution in [0.2, 0.25) is 0 Å². The maximum absolute atomic E-state index is 6.48. The Kier molecular flexibility index (Phi) is 7.73. The highest BCUT2D eigenvalue weighted by Crippen LogP contribution is 2.47. The van der Waals surface area contributed by atoms with E-state index in [1.165, 1.54) is 26.7 Å². The summed E-state index contributed by atoms with van der Waals surface area (Å²) in [6.45, 7) is 6.85. The molecule has 0 atom stereocenters. The van der Waals surface area contributed by atoms with Crippen LogP contribution in [-0.4, -0.2) is 50.9 Å². The first-order chi connectivity index (χ1) is 15.3. The van der Waals surface area contributed by atoms with Gasteiger partial charge in [-0.2, -0.15) is 5.10 Å². The molecule has 0 saturated carbocycles. The molecule has 3 aromatic heterocycles. The van der Waals surface area contributed by atoms with Gasteiger partial charge in [0.1, 0.15) is 5.60 Å². The summed E-state index contributed by atoms with van der Waals surface area (Å²) in [6, 6.07) is 4.59. The second kappa shape index (κ2) is 10.4. The van der Waals surface area contributed by atoms with Crippen LogP contribution in [0.15, 0.2) is 30.7 Å². The molecule has 1 saturated heterocycles. The van der Waals surface area contributed by atoms with Crippen molar-refractivity contribution >= 4 is 36.2 Å². The molecule has 0 radical (unpaired) electrons. The minimum Gasteiger partial charge on any atom is -0.369 e. The normalized spacial score (nSPS) is 19.6. The lowest BCUT2D eigenvalue weighted by Crippen LogP contribution is -2.45. The summed E-state index contributed by atoms with van der Waals surface area (Å²) in [6.07, 6.45) is 9.57. The molecule has 0 aliphatic carbocycles. The van der Waals surface area contributed by atoms with Gasteiger partial charge in [-0.15, -0.1) is 36.2 Å². The molecule has 1 spiro atoms. The van der Waals surface area contributed by atoms with Crippen LogP contribution in [0, 0.1) is 0 Å². The van der Waals surface area contributed by atoms with Gasteiger partial charge in [0.2, 0.25) is 0 Å². The van der Waals surface area contributed by atoms with Gasteiger partial charge in [0.25, 0.3) is 0 Å². The van der Waals surface area contributed by atoms with Crippen molar-refractivity contribution in [1.29, 1.82) is 0 Å². The number of aromatic nitrogens is 4. The number of rotatable bonds is 3. The van der Waals surface area contributed by atoms with Crippen LogP contribution in [0.1, 0.15) is 41.1 Å². The molecule has 33 heavy (non-hydrogen) atoms.